The van der Waals surface area contributed by atoms with Crippen LogP contribution in [0.2, 0.25) is 0 Å². The van der Waals surface area contributed by atoms with Gasteiger partial charge in [0.25, 0.3) is 0 Å². The number of hydrogen-bond donors (Lipinski definition) is 0. The summed E-state index contributed by atoms with van der Waals surface area (Å²) in [5, 5.41) is 0. The minimum atomic E-state index is -0.813. The summed E-state index contributed by atoms with van der Waals surface area (Å²) < 4.78 is 34.1. The van der Waals surface area contributed by atoms with Gasteiger partial charge >= 0.3 is 0 Å². The molecule has 0 bridgehead atoms. The zero-order valence-electron chi connectivity index (χ0n) is 19.0. The van der Waals surface area contributed by atoms with Crippen molar-refractivity contribution in [1.29, 1.82) is 0 Å². The summed E-state index contributed by atoms with van der Waals surface area (Å²) >= 11 is 0. The molecule has 0 radical (unpaired) electrons. The maximum atomic E-state index is 14.6. The molecule has 0 unspecified atom stereocenters. The fourth-order valence-corrected chi connectivity index (χ4v) is 6.88. The molecule has 3 aliphatic rings. The van der Waals surface area contributed by atoms with Gasteiger partial charge in [-0.25, -0.2) is 4.39 Å². The number of ether oxygens (including phenoxy) is 1. The highest BCUT2D eigenvalue weighted by Gasteiger charge is 2.35. The van der Waals surface area contributed by atoms with E-state index in [-0.39, 0.29) is 11.7 Å². The fraction of sp³-hybridized carbons (Fsp3) is 0.778. The van der Waals surface area contributed by atoms with Crippen molar-refractivity contribution in [3.63, 3.8) is 0 Å². The van der Waals surface area contributed by atoms with Crippen molar-refractivity contribution in [3.05, 3.63) is 29.3 Å². The Labute approximate surface area is 182 Å². The van der Waals surface area contributed by atoms with E-state index in [9.17, 15) is 8.78 Å². The van der Waals surface area contributed by atoms with Gasteiger partial charge in [0.2, 0.25) is 5.82 Å². The minimum Gasteiger partial charge on any atom is -0.491 e. The van der Waals surface area contributed by atoms with Crippen LogP contribution >= 0.6 is 0 Å². The fourth-order valence-electron chi connectivity index (χ4n) is 6.88. The Balaban J connectivity index is 1.27. The van der Waals surface area contributed by atoms with Crippen molar-refractivity contribution in [1.82, 2.24) is 0 Å². The highest BCUT2D eigenvalue weighted by atomic mass is 19.2. The van der Waals surface area contributed by atoms with Gasteiger partial charge in [-0.2, -0.15) is 4.39 Å². The molecule has 0 spiro atoms. The van der Waals surface area contributed by atoms with Gasteiger partial charge in [-0.05, 0) is 118 Å². The van der Waals surface area contributed by atoms with Gasteiger partial charge in [0.15, 0.2) is 11.6 Å². The van der Waals surface area contributed by atoms with E-state index in [1.165, 1.54) is 64.2 Å². The van der Waals surface area contributed by atoms with Crippen molar-refractivity contribution in [2.45, 2.75) is 96.8 Å². The Hall–Kier alpha value is -1.12. The van der Waals surface area contributed by atoms with Crippen LogP contribution in [0.1, 0.15) is 102 Å². The standard InChI is InChI=1S/C27H40F2O/c1-3-30-25-17-16-24(26(28)27(25)29)23-14-12-22(13-15-23)21-10-8-20(9-11-21)19-6-4-18(2)5-7-19/h16-23H,3-15H2,1-2H3. The number of benzene rings is 1. The van der Waals surface area contributed by atoms with E-state index in [0.29, 0.717) is 12.2 Å². The van der Waals surface area contributed by atoms with Gasteiger partial charge in [0.1, 0.15) is 0 Å². The molecule has 4 rings (SSSR count). The lowest BCUT2D eigenvalue weighted by Gasteiger charge is -2.41. The molecule has 30 heavy (non-hydrogen) atoms. The van der Waals surface area contributed by atoms with Gasteiger partial charge in [-0.3, -0.25) is 0 Å². The SMILES string of the molecule is CCOc1ccc(C2CCC(C3CCC(C4CCC(C)CC4)CC3)CC2)c(F)c1F. The molecule has 0 amide bonds. The molecular weight excluding hydrogens is 378 g/mol. The zero-order valence-corrected chi connectivity index (χ0v) is 19.0. The van der Waals surface area contributed by atoms with E-state index in [4.69, 9.17) is 4.74 Å². The summed E-state index contributed by atoms with van der Waals surface area (Å²) in [6.07, 6.45) is 15.8. The first kappa shape index (κ1) is 22.1. The lowest BCUT2D eigenvalue weighted by Crippen LogP contribution is -2.29. The first-order valence-electron chi connectivity index (χ1n) is 12.7. The van der Waals surface area contributed by atoms with Crippen molar-refractivity contribution in [2.75, 3.05) is 6.61 Å². The lowest BCUT2D eigenvalue weighted by molar-refractivity contribution is 0.112. The van der Waals surface area contributed by atoms with Crippen molar-refractivity contribution < 1.29 is 13.5 Å². The van der Waals surface area contributed by atoms with E-state index in [1.54, 1.807) is 19.1 Å². The summed E-state index contributed by atoms with van der Waals surface area (Å²) in [6, 6.07) is 3.36. The maximum Gasteiger partial charge on any atom is 0.200 e. The molecule has 3 heteroatoms. The monoisotopic (exact) mass is 418 g/mol. The predicted octanol–water partition coefficient (Wildman–Crippen LogP) is 8.27. The summed E-state index contributed by atoms with van der Waals surface area (Å²) in [5.74, 6) is 3.28. The third kappa shape index (κ3) is 4.86. The van der Waals surface area contributed by atoms with E-state index >= 15 is 0 Å². The van der Waals surface area contributed by atoms with Gasteiger partial charge < -0.3 is 4.74 Å². The normalized spacial score (nSPS) is 35.2. The van der Waals surface area contributed by atoms with Gasteiger partial charge in [0, 0.05) is 0 Å². The molecule has 0 heterocycles. The Kier molecular flexibility index (Phi) is 7.36. The molecule has 0 atom stereocenters. The second-order valence-electron chi connectivity index (χ2n) is 10.5. The van der Waals surface area contributed by atoms with Crippen molar-refractivity contribution >= 4 is 0 Å². The molecule has 1 nitrogen and oxygen atoms in total. The Morgan fingerprint density at radius 2 is 1.17 bits per heavy atom. The molecule has 3 fully saturated rings. The first-order chi connectivity index (χ1) is 14.6. The third-order valence-electron chi connectivity index (χ3n) is 8.80. The molecule has 0 saturated heterocycles. The zero-order chi connectivity index (χ0) is 21.1. The quantitative estimate of drug-likeness (QED) is 0.467. The van der Waals surface area contributed by atoms with Crippen LogP contribution in [0.25, 0.3) is 0 Å². The molecular formula is C27H40F2O. The molecule has 0 aromatic heterocycles. The summed E-state index contributed by atoms with van der Waals surface area (Å²) in [6.45, 7) is 4.55. The average Bonchev–Trinajstić information content (AvgIpc) is 2.78. The Morgan fingerprint density at radius 3 is 1.67 bits per heavy atom. The van der Waals surface area contributed by atoms with Crippen molar-refractivity contribution in [2.24, 2.45) is 29.6 Å². The van der Waals surface area contributed by atoms with Crippen LogP contribution in [0.3, 0.4) is 0 Å². The lowest BCUT2D eigenvalue weighted by atomic mass is 9.65. The largest absolute Gasteiger partial charge is 0.491 e. The smallest absolute Gasteiger partial charge is 0.200 e. The second-order valence-corrected chi connectivity index (χ2v) is 10.5. The number of halogens is 2. The first-order valence-corrected chi connectivity index (χ1v) is 12.7. The van der Waals surface area contributed by atoms with Crippen LogP contribution in [0, 0.1) is 41.2 Å². The minimum absolute atomic E-state index is 0.0385. The number of hydrogen-bond acceptors (Lipinski definition) is 1. The van der Waals surface area contributed by atoms with E-state index in [1.807, 2.05) is 0 Å². The van der Waals surface area contributed by atoms with Gasteiger partial charge in [-0.1, -0.05) is 25.8 Å². The van der Waals surface area contributed by atoms with Crippen LogP contribution in [0.15, 0.2) is 12.1 Å². The molecule has 1 aromatic carbocycles. The van der Waals surface area contributed by atoms with Gasteiger partial charge in [-0.15, -0.1) is 0 Å². The second kappa shape index (κ2) is 10.0. The molecule has 0 aliphatic heterocycles. The molecule has 3 saturated carbocycles. The van der Waals surface area contributed by atoms with Crippen molar-refractivity contribution in [3.8, 4) is 5.75 Å². The molecule has 3 aliphatic carbocycles. The predicted molar refractivity (Wildman–Crippen MR) is 119 cm³/mol. The molecule has 168 valence electrons. The van der Waals surface area contributed by atoms with Crippen LogP contribution in [0.5, 0.6) is 5.75 Å². The third-order valence-corrected chi connectivity index (χ3v) is 8.80. The van der Waals surface area contributed by atoms with Crippen LogP contribution in [-0.2, 0) is 0 Å². The molecule has 0 N–H and O–H groups in total. The highest BCUT2D eigenvalue weighted by molar-refractivity contribution is 5.33. The number of rotatable bonds is 5. The Morgan fingerprint density at radius 1 is 0.700 bits per heavy atom. The average molecular weight is 419 g/mol. The van der Waals surface area contributed by atoms with Gasteiger partial charge in [0.05, 0.1) is 6.61 Å². The summed E-state index contributed by atoms with van der Waals surface area (Å²) in [4.78, 5) is 0. The van der Waals surface area contributed by atoms with E-state index in [0.717, 1.165) is 42.4 Å². The molecule has 1 aromatic rings. The van der Waals surface area contributed by atoms with Crippen LogP contribution < -0.4 is 4.74 Å². The highest BCUT2D eigenvalue weighted by Crippen LogP contribution is 2.47. The summed E-state index contributed by atoms with van der Waals surface area (Å²) in [5.41, 5.74) is 0.560. The summed E-state index contributed by atoms with van der Waals surface area (Å²) in [7, 11) is 0. The van der Waals surface area contributed by atoms with Crippen LogP contribution in [0.4, 0.5) is 8.78 Å². The van der Waals surface area contributed by atoms with E-state index < -0.39 is 11.6 Å². The van der Waals surface area contributed by atoms with Crippen LogP contribution in [-0.4, -0.2) is 6.61 Å². The Bertz CT molecular complexity index is 678. The maximum absolute atomic E-state index is 14.6. The topological polar surface area (TPSA) is 9.23 Å². The van der Waals surface area contributed by atoms with E-state index in [2.05, 4.69) is 6.92 Å².